The summed E-state index contributed by atoms with van der Waals surface area (Å²) >= 11 is 7.04. The minimum absolute atomic E-state index is 0.0353. The lowest BCUT2D eigenvalue weighted by atomic mass is 10.1. The van der Waals surface area contributed by atoms with Crippen LogP contribution in [0.3, 0.4) is 0 Å². The van der Waals surface area contributed by atoms with Crippen molar-refractivity contribution in [2.75, 3.05) is 6.26 Å². The highest BCUT2D eigenvalue weighted by molar-refractivity contribution is 7.98. The first-order valence-corrected chi connectivity index (χ1v) is 9.22. The number of benzene rings is 1. The van der Waals surface area contributed by atoms with Gasteiger partial charge in [0.15, 0.2) is 16.1 Å². The maximum Gasteiger partial charge on any atom is 0.226 e. The fraction of sp³-hybridized carbons (Fsp3) is 0.118. The Labute approximate surface area is 163 Å². The fourth-order valence-electron chi connectivity index (χ4n) is 2.29. The topological polar surface area (TPSA) is 96.7 Å². The van der Waals surface area contributed by atoms with Gasteiger partial charge in [-0.1, -0.05) is 53.7 Å². The van der Waals surface area contributed by atoms with E-state index in [0.29, 0.717) is 5.16 Å². The van der Waals surface area contributed by atoms with E-state index in [4.69, 9.17) is 21.9 Å². The summed E-state index contributed by atoms with van der Waals surface area (Å²) in [6, 6.07) is 10.8. The zero-order valence-corrected chi connectivity index (χ0v) is 15.6. The molecular formula is C17H12ClFN6OS. The van der Waals surface area contributed by atoms with Crippen LogP contribution < -0.4 is 4.74 Å². The van der Waals surface area contributed by atoms with Gasteiger partial charge in [-0.05, 0) is 28.5 Å². The van der Waals surface area contributed by atoms with Gasteiger partial charge in [0.25, 0.3) is 0 Å². The summed E-state index contributed by atoms with van der Waals surface area (Å²) in [6.45, 7) is 0.189. The summed E-state index contributed by atoms with van der Waals surface area (Å²) in [5.74, 6) is -0.749. The third-order valence-corrected chi connectivity index (χ3v) is 4.30. The summed E-state index contributed by atoms with van der Waals surface area (Å²) in [4.78, 5) is 15.0. The molecule has 0 aliphatic rings. The van der Waals surface area contributed by atoms with Gasteiger partial charge in [-0.25, -0.2) is 14.4 Å². The molecule has 2 heterocycles. The number of nitrogens with zero attached hydrogens (tertiary/aromatic N) is 6. The van der Waals surface area contributed by atoms with Gasteiger partial charge >= 0.3 is 0 Å². The number of thioether (sulfide) groups is 1. The molecule has 0 saturated heterocycles. The van der Waals surface area contributed by atoms with Crippen LogP contribution in [0.15, 0.2) is 52.9 Å². The van der Waals surface area contributed by atoms with Crippen LogP contribution in [0.4, 0.5) is 10.2 Å². The largest absolute Gasteiger partial charge is 0.472 e. The number of aromatic nitrogens is 3. The number of azide groups is 1. The first kappa shape index (κ1) is 18.9. The Morgan fingerprint density at radius 1 is 1.26 bits per heavy atom. The number of hydrogen-bond acceptors (Lipinski definition) is 6. The zero-order valence-electron chi connectivity index (χ0n) is 14.0. The molecule has 0 bridgehead atoms. The van der Waals surface area contributed by atoms with E-state index in [1.807, 2.05) is 30.3 Å². The van der Waals surface area contributed by atoms with Crippen LogP contribution in [0.1, 0.15) is 5.56 Å². The van der Waals surface area contributed by atoms with Crippen LogP contribution in [0, 0.1) is 5.82 Å². The highest BCUT2D eigenvalue weighted by Gasteiger charge is 2.21. The monoisotopic (exact) mass is 402 g/mol. The molecule has 7 nitrogen and oxygen atoms in total. The third kappa shape index (κ3) is 4.28. The van der Waals surface area contributed by atoms with Gasteiger partial charge in [0.1, 0.15) is 12.4 Å². The summed E-state index contributed by atoms with van der Waals surface area (Å²) < 4.78 is 20.4. The number of pyridine rings is 1. The SMILES string of the molecule is CSc1nc(N=[N+]=[N-])c(-c2ccnc(Cl)c2F)c(OCc2ccccc2)n1. The molecule has 3 aromatic rings. The summed E-state index contributed by atoms with van der Waals surface area (Å²) in [5.41, 5.74) is 9.94. The maximum atomic E-state index is 14.6. The summed E-state index contributed by atoms with van der Waals surface area (Å²) in [7, 11) is 0. The standard InChI is InChI=1S/C17H12ClFN6OS/c1-27-17-22-15(24-25-20)12(11-7-8-21-14(18)13(11)19)16(23-17)26-9-10-5-3-2-4-6-10/h2-8H,9H2,1H3. The van der Waals surface area contributed by atoms with Gasteiger partial charge in [-0.3, -0.25) is 0 Å². The molecule has 0 fully saturated rings. The van der Waals surface area contributed by atoms with Crippen LogP contribution in [0.25, 0.3) is 21.6 Å². The van der Waals surface area contributed by atoms with Crippen molar-refractivity contribution in [3.8, 4) is 17.0 Å². The zero-order chi connectivity index (χ0) is 19.2. The molecule has 3 rings (SSSR count). The number of halogens is 2. The number of hydrogen-bond donors (Lipinski definition) is 0. The second kappa shape index (κ2) is 8.68. The fourth-order valence-corrected chi connectivity index (χ4v) is 2.80. The van der Waals surface area contributed by atoms with Crippen molar-refractivity contribution in [3.05, 3.63) is 69.6 Å². The average molecular weight is 403 g/mol. The number of rotatable bonds is 6. The molecule has 1 aromatic carbocycles. The van der Waals surface area contributed by atoms with Crippen molar-refractivity contribution in [2.24, 2.45) is 5.11 Å². The quantitative estimate of drug-likeness (QED) is 0.134. The normalized spacial score (nSPS) is 10.3. The van der Waals surface area contributed by atoms with Crippen molar-refractivity contribution in [2.45, 2.75) is 11.8 Å². The van der Waals surface area contributed by atoms with E-state index in [-0.39, 0.29) is 34.6 Å². The summed E-state index contributed by atoms with van der Waals surface area (Å²) in [5, 5.41) is 3.59. The van der Waals surface area contributed by atoms with E-state index in [0.717, 1.165) is 5.56 Å². The Morgan fingerprint density at radius 3 is 2.74 bits per heavy atom. The van der Waals surface area contributed by atoms with E-state index in [2.05, 4.69) is 25.0 Å². The van der Waals surface area contributed by atoms with E-state index >= 15 is 0 Å². The predicted molar refractivity (Wildman–Crippen MR) is 102 cm³/mol. The molecule has 0 N–H and O–H groups in total. The van der Waals surface area contributed by atoms with Crippen molar-refractivity contribution < 1.29 is 9.13 Å². The Bertz CT molecular complexity index is 1010. The third-order valence-electron chi connectivity index (χ3n) is 3.49. The molecule has 0 unspecified atom stereocenters. The minimum Gasteiger partial charge on any atom is -0.472 e. The predicted octanol–water partition coefficient (Wildman–Crippen LogP) is 5.57. The molecule has 2 aromatic heterocycles. The molecule has 0 aliphatic heterocycles. The van der Waals surface area contributed by atoms with Gasteiger partial charge < -0.3 is 4.74 Å². The van der Waals surface area contributed by atoms with Crippen LogP contribution in [0.2, 0.25) is 5.15 Å². The molecular weight excluding hydrogens is 391 g/mol. The number of ether oxygens (including phenoxy) is 1. The Balaban J connectivity index is 2.15. The average Bonchev–Trinajstić information content (AvgIpc) is 2.69. The minimum atomic E-state index is -0.779. The first-order valence-electron chi connectivity index (χ1n) is 7.62. The second-order valence-corrected chi connectivity index (χ2v) is 6.27. The molecule has 10 heteroatoms. The second-order valence-electron chi connectivity index (χ2n) is 5.14. The van der Waals surface area contributed by atoms with Gasteiger partial charge in [0.05, 0.1) is 5.56 Å². The van der Waals surface area contributed by atoms with Crippen molar-refractivity contribution >= 4 is 29.2 Å². The van der Waals surface area contributed by atoms with Gasteiger partial charge in [-0.15, -0.1) is 0 Å². The molecule has 136 valence electrons. The Morgan fingerprint density at radius 2 is 2.04 bits per heavy atom. The molecule has 0 amide bonds. The highest BCUT2D eigenvalue weighted by Crippen LogP contribution is 2.40. The Kier molecular flexibility index (Phi) is 6.08. The van der Waals surface area contributed by atoms with Gasteiger partial charge in [0.2, 0.25) is 5.88 Å². The van der Waals surface area contributed by atoms with E-state index in [9.17, 15) is 4.39 Å². The molecule has 0 aliphatic carbocycles. The maximum absolute atomic E-state index is 14.6. The van der Waals surface area contributed by atoms with Gasteiger partial charge in [0, 0.05) is 16.7 Å². The van der Waals surface area contributed by atoms with Crippen LogP contribution in [-0.2, 0) is 6.61 Å². The van der Waals surface area contributed by atoms with Crippen molar-refractivity contribution in [1.29, 1.82) is 0 Å². The van der Waals surface area contributed by atoms with Gasteiger partial charge in [-0.2, -0.15) is 4.98 Å². The van der Waals surface area contributed by atoms with E-state index in [1.165, 1.54) is 24.0 Å². The van der Waals surface area contributed by atoms with E-state index < -0.39 is 5.82 Å². The summed E-state index contributed by atoms with van der Waals surface area (Å²) in [6.07, 6.45) is 3.10. The molecule has 0 atom stereocenters. The van der Waals surface area contributed by atoms with E-state index in [1.54, 1.807) is 6.26 Å². The highest BCUT2D eigenvalue weighted by atomic mass is 35.5. The molecule has 0 radical (unpaired) electrons. The Hall–Kier alpha value is -2.87. The smallest absolute Gasteiger partial charge is 0.226 e. The lowest BCUT2D eigenvalue weighted by molar-refractivity contribution is 0.292. The van der Waals surface area contributed by atoms with Crippen LogP contribution in [-0.4, -0.2) is 21.2 Å². The molecule has 0 saturated carbocycles. The molecule has 0 spiro atoms. The van der Waals surface area contributed by atoms with Crippen molar-refractivity contribution in [3.63, 3.8) is 0 Å². The first-order chi connectivity index (χ1) is 13.1. The van der Waals surface area contributed by atoms with Crippen molar-refractivity contribution in [1.82, 2.24) is 15.0 Å². The molecule has 27 heavy (non-hydrogen) atoms. The lowest BCUT2D eigenvalue weighted by Crippen LogP contribution is -2.03. The van der Waals surface area contributed by atoms with Crippen LogP contribution >= 0.6 is 23.4 Å². The van der Waals surface area contributed by atoms with Crippen LogP contribution in [0.5, 0.6) is 5.88 Å². The lowest BCUT2D eigenvalue weighted by Gasteiger charge is -2.14.